The molecular formula is C18H20N2O5. The molecule has 3 rings (SSSR count). The van der Waals surface area contributed by atoms with Gasteiger partial charge in [-0.2, -0.15) is 0 Å². The van der Waals surface area contributed by atoms with E-state index >= 15 is 0 Å². The van der Waals surface area contributed by atoms with Gasteiger partial charge < -0.3 is 19.2 Å². The van der Waals surface area contributed by atoms with Crippen LogP contribution in [0.5, 0.6) is 5.75 Å². The minimum absolute atomic E-state index is 0.150. The smallest absolute Gasteiger partial charge is 0.348 e. The third kappa shape index (κ3) is 3.22. The molecular weight excluding hydrogens is 324 g/mol. The lowest BCUT2D eigenvalue weighted by molar-refractivity contribution is -0.159. The first-order chi connectivity index (χ1) is 11.9. The van der Waals surface area contributed by atoms with Crippen molar-refractivity contribution >= 4 is 11.9 Å². The largest absolute Gasteiger partial charge is 0.478 e. The Labute approximate surface area is 145 Å². The van der Waals surface area contributed by atoms with Crippen LogP contribution < -0.4 is 4.74 Å². The molecule has 3 heterocycles. The van der Waals surface area contributed by atoms with Gasteiger partial charge >= 0.3 is 5.97 Å². The summed E-state index contributed by atoms with van der Waals surface area (Å²) in [6.45, 7) is 4.10. The number of carbonyl (C=O) groups excluding carboxylic acids is 1. The van der Waals surface area contributed by atoms with E-state index in [4.69, 9.17) is 9.15 Å². The molecule has 1 aliphatic rings. The number of carbonyl (C=O) groups is 2. The standard InChI is InChI=1S/C18H20N2O5/c1-12-15(4-3-8-19-12)25-18(17(22)23)6-9-20(10-7-18)16(21)14-5-11-24-13(14)2/h3-5,8,11H,6-7,9-10H2,1-2H3,(H,22,23). The van der Waals surface area contributed by atoms with Crippen LogP contribution in [0, 0.1) is 13.8 Å². The maximum absolute atomic E-state index is 12.5. The Morgan fingerprint density at radius 1 is 1.28 bits per heavy atom. The van der Waals surface area contributed by atoms with Crippen molar-refractivity contribution in [2.24, 2.45) is 0 Å². The van der Waals surface area contributed by atoms with Gasteiger partial charge in [0.1, 0.15) is 11.5 Å². The van der Waals surface area contributed by atoms with E-state index in [1.54, 1.807) is 43.1 Å². The molecule has 7 heteroatoms. The number of aliphatic carboxylic acids is 1. The molecule has 132 valence electrons. The quantitative estimate of drug-likeness (QED) is 0.916. The first kappa shape index (κ1) is 17.0. The zero-order chi connectivity index (χ0) is 18.0. The van der Waals surface area contributed by atoms with Crippen molar-refractivity contribution in [1.29, 1.82) is 0 Å². The molecule has 1 amide bonds. The SMILES string of the molecule is Cc1ncccc1OC1(C(=O)O)CCN(C(=O)c2ccoc2C)CC1. The second-order valence-corrected chi connectivity index (χ2v) is 6.17. The number of pyridine rings is 1. The average molecular weight is 344 g/mol. The predicted octanol–water partition coefficient (Wildman–Crippen LogP) is 2.43. The van der Waals surface area contributed by atoms with Crippen LogP contribution in [0.25, 0.3) is 0 Å². The van der Waals surface area contributed by atoms with Crippen LogP contribution in [0.4, 0.5) is 0 Å². The molecule has 1 saturated heterocycles. The highest BCUT2D eigenvalue weighted by atomic mass is 16.5. The predicted molar refractivity (Wildman–Crippen MR) is 88.6 cm³/mol. The van der Waals surface area contributed by atoms with Crippen LogP contribution in [0.1, 0.15) is 34.7 Å². The third-order valence-electron chi connectivity index (χ3n) is 4.60. The van der Waals surface area contributed by atoms with E-state index in [9.17, 15) is 14.7 Å². The maximum Gasteiger partial charge on any atom is 0.348 e. The topological polar surface area (TPSA) is 92.9 Å². The molecule has 0 spiro atoms. The number of piperidine rings is 1. The Balaban J connectivity index is 1.75. The fourth-order valence-corrected chi connectivity index (χ4v) is 3.00. The van der Waals surface area contributed by atoms with Crippen molar-refractivity contribution in [2.75, 3.05) is 13.1 Å². The summed E-state index contributed by atoms with van der Waals surface area (Å²) in [6, 6.07) is 5.05. The number of likely N-dealkylation sites (tertiary alicyclic amines) is 1. The minimum Gasteiger partial charge on any atom is -0.478 e. The summed E-state index contributed by atoms with van der Waals surface area (Å²) in [4.78, 5) is 30.2. The van der Waals surface area contributed by atoms with Crippen LogP contribution in [0.15, 0.2) is 35.1 Å². The molecule has 25 heavy (non-hydrogen) atoms. The molecule has 7 nitrogen and oxygen atoms in total. The van der Waals surface area contributed by atoms with Crippen LogP contribution >= 0.6 is 0 Å². The lowest BCUT2D eigenvalue weighted by Crippen LogP contribution is -2.54. The maximum atomic E-state index is 12.5. The first-order valence-electron chi connectivity index (χ1n) is 8.10. The summed E-state index contributed by atoms with van der Waals surface area (Å²) in [6.07, 6.45) is 3.52. The fourth-order valence-electron chi connectivity index (χ4n) is 3.00. The van der Waals surface area contributed by atoms with E-state index in [-0.39, 0.29) is 18.7 Å². The molecule has 1 N–H and O–H groups in total. The number of ether oxygens (including phenoxy) is 1. The molecule has 1 aliphatic heterocycles. The van der Waals surface area contributed by atoms with Crippen molar-refractivity contribution < 1.29 is 23.8 Å². The number of amides is 1. The third-order valence-corrected chi connectivity index (χ3v) is 4.60. The fraction of sp³-hybridized carbons (Fsp3) is 0.389. The number of aromatic nitrogens is 1. The van der Waals surface area contributed by atoms with Crippen molar-refractivity contribution in [3.05, 3.63) is 47.7 Å². The monoisotopic (exact) mass is 344 g/mol. The van der Waals surface area contributed by atoms with Gasteiger partial charge in [-0.1, -0.05) is 0 Å². The van der Waals surface area contributed by atoms with Gasteiger partial charge in [-0.05, 0) is 32.0 Å². The summed E-state index contributed by atoms with van der Waals surface area (Å²) >= 11 is 0. The van der Waals surface area contributed by atoms with Crippen molar-refractivity contribution in [3.8, 4) is 5.75 Å². The number of hydrogen-bond acceptors (Lipinski definition) is 5. The number of carboxylic acids is 1. The molecule has 0 unspecified atom stereocenters. The lowest BCUT2D eigenvalue weighted by Gasteiger charge is -2.39. The van der Waals surface area contributed by atoms with E-state index in [1.165, 1.54) is 6.26 Å². The van der Waals surface area contributed by atoms with Gasteiger partial charge in [0, 0.05) is 32.1 Å². The summed E-state index contributed by atoms with van der Waals surface area (Å²) in [7, 11) is 0. The number of furan rings is 1. The Kier molecular flexibility index (Phi) is 4.48. The number of rotatable bonds is 4. The molecule has 1 fully saturated rings. The second-order valence-electron chi connectivity index (χ2n) is 6.17. The van der Waals surface area contributed by atoms with Gasteiger partial charge in [-0.15, -0.1) is 0 Å². The summed E-state index contributed by atoms with van der Waals surface area (Å²) in [5, 5.41) is 9.73. The van der Waals surface area contributed by atoms with E-state index in [0.29, 0.717) is 35.9 Å². The van der Waals surface area contributed by atoms with Crippen molar-refractivity contribution in [2.45, 2.75) is 32.3 Å². The zero-order valence-corrected chi connectivity index (χ0v) is 14.2. The van der Waals surface area contributed by atoms with E-state index < -0.39 is 11.6 Å². The van der Waals surface area contributed by atoms with Gasteiger partial charge in [0.05, 0.1) is 17.5 Å². The molecule has 2 aromatic heterocycles. The minimum atomic E-state index is -1.35. The summed E-state index contributed by atoms with van der Waals surface area (Å²) in [5.74, 6) is -0.164. The lowest BCUT2D eigenvalue weighted by atomic mass is 9.90. The normalized spacial score (nSPS) is 16.5. The van der Waals surface area contributed by atoms with Gasteiger partial charge in [-0.25, -0.2) is 4.79 Å². The van der Waals surface area contributed by atoms with Gasteiger partial charge in [0.25, 0.3) is 5.91 Å². The Bertz CT molecular complexity index is 790. The Hall–Kier alpha value is -2.83. The highest BCUT2D eigenvalue weighted by molar-refractivity contribution is 5.95. The molecule has 0 radical (unpaired) electrons. The Morgan fingerprint density at radius 3 is 2.56 bits per heavy atom. The highest BCUT2D eigenvalue weighted by Gasteiger charge is 2.45. The highest BCUT2D eigenvalue weighted by Crippen LogP contribution is 2.31. The van der Waals surface area contributed by atoms with Crippen LogP contribution in [-0.4, -0.2) is 45.6 Å². The number of nitrogens with zero attached hydrogens (tertiary/aromatic N) is 2. The number of hydrogen-bond donors (Lipinski definition) is 1. The van der Waals surface area contributed by atoms with E-state index in [1.807, 2.05) is 0 Å². The zero-order valence-electron chi connectivity index (χ0n) is 14.2. The van der Waals surface area contributed by atoms with Crippen molar-refractivity contribution in [3.63, 3.8) is 0 Å². The molecule has 0 aliphatic carbocycles. The molecule has 0 bridgehead atoms. The van der Waals surface area contributed by atoms with Gasteiger partial charge in [0.2, 0.25) is 5.60 Å². The number of carboxylic acid groups (broad SMARTS) is 1. The molecule has 0 atom stereocenters. The van der Waals surface area contributed by atoms with E-state index in [0.717, 1.165) is 0 Å². The van der Waals surface area contributed by atoms with Crippen LogP contribution in [0.3, 0.4) is 0 Å². The van der Waals surface area contributed by atoms with Crippen molar-refractivity contribution in [1.82, 2.24) is 9.88 Å². The van der Waals surface area contributed by atoms with Gasteiger partial charge in [0.15, 0.2) is 0 Å². The summed E-state index contributed by atoms with van der Waals surface area (Å²) in [5.41, 5.74) is -0.210. The number of aryl methyl sites for hydroxylation is 2. The second kappa shape index (κ2) is 6.58. The van der Waals surface area contributed by atoms with E-state index in [2.05, 4.69) is 4.98 Å². The summed E-state index contributed by atoms with van der Waals surface area (Å²) < 4.78 is 11.0. The molecule has 0 saturated carbocycles. The van der Waals surface area contributed by atoms with Crippen LogP contribution in [0.2, 0.25) is 0 Å². The van der Waals surface area contributed by atoms with Gasteiger partial charge in [-0.3, -0.25) is 9.78 Å². The average Bonchev–Trinajstić information content (AvgIpc) is 3.03. The molecule has 2 aromatic rings. The van der Waals surface area contributed by atoms with Crippen LogP contribution in [-0.2, 0) is 4.79 Å². The molecule has 0 aromatic carbocycles. The Morgan fingerprint density at radius 2 is 2.00 bits per heavy atom. The first-order valence-corrected chi connectivity index (χ1v) is 8.10.